The van der Waals surface area contributed by atoms with Crippen LogP contribution in [0.1, 0.15) is 50.8 Å². The lowest BCUT2D eigenvalue weighted by molar-refractivity contribution is -0.138. The van der Waals surface area contributed by atoms with Crippen LogP contribution in [0.15, 0.2) is 48.2 Å². The second-order valence-electron chi connectivity index (χ2n) is 10.8. The van der Waals surface area contributed by atoms with Gasteiger partial charge in [0.1, 0.15) is 5.75 Å². The fourth-order valence-electron chi connectivity index (χ4n) is 4.21. The van der Waals surface area contributed by atoms with Gasteiger partial charge in [0.2, 0.25) is 0 Å². The second-order valence-corrected chi connectivity index (χ2v) is 15.6. The first-order chi connectivity index (χ1) is 17.2. The Morgan fingerprint density at radius 3 is 2.19 bits per heavy atom. The van der Waals surface area contributed by atoms with Gasteiger partial charge in [-0.05, 0) is 59.9 Å². The van der Waals surface area contributed by atoms with Gasteiger partial charge < -0.3 is 19.8 Å². The number of amides is 1. The van der Waals surface area contributed by atoms with Gasteiger partial charge in [0.05, 0.1) is 12.7 Å². The molecule has 0 spiro atoms. The van der Waals surface area contributed by atoms with E-state index in [4.69, 9.17) is 14.9 Å². The molecule has 0 saturated heterocycles. The number of anilines is 1. The van der Waals surface area contributed by atoms with Gasteiger partial charge in [0.15, 0.2) is 5.76 Å². The standard InChI is InChI=1S/C28H37F3N2O3Si/c1-8-19(17-32)33-24-11-9-10-23(28(29,30)31)22(24)16-21(18-12-14-20(35-5)15-13-18)25(26(33)34)36-37(6,7)27(2,3)4/h9-15,19H,8,16-17,32H2,1-7H3. The van der Waals surface area contributed by atoms with Gasteiger partial charge in [-0.2, -0.15) is 13.2 Å². The predicted molar refractivity (Wildman–Crippen MR) is 144 cm³/mol. The summed E-state index contributed by atoms with van der Waals surface area (Å²) < 4.78 is 54.7. The summed E-state index contributed by atoms with van der Waals surface area (Å²) >= 11 is 0. The lowest BCUT2D eigenvalue weighted by Gasteiger charge is -2.39. The third-order valence-electron chi connectivity index (χ3n) is 7.47. The van der Waals surface area contributed by atoms with Crippen molar-refractivity contribution in [3.63, 3.8) is 0 Å². The summed E-state index contributed by atoms with van der Waals surface area (Å²) in [4.78, 5) is 15.8. The molecule has 2 aromatic carbocycles. The molecular formula is C28H37F3N2O3Si. The van der Waals surface area contributed by atoms with Crippen molar-refractivity contribution in [2.24, 2.45) is 5.73 Å². The molecule has 202 valence electrons. The van der Waals surface area contributed by atoms with Gasteiger partial charge in [-0.1, -0.05) is 45.9 Å². The number of allylic oxidation sites excluding steroid dienone is 1. The minimum Gasteiger partial charge on any atom is -0.540 e. The molecule has 1 atom stereocenters. The second kappa shape index (κ2) is 10.5. The number of methoxy groups -OCH3 is 1. The van der Waals surface area contributed by atoms with E-state index >= 15 is 0 Å². The summed E-state index contributed by atoms with van der Waals surface area (Å²) in [5, 5.41) is -0.246. The van der Waals surface area contributed by atoms with Gasteiger partial charge in [-0.25, -0.2) is 0 Å². The molecule has 5 nitrogen and oxygen atoms in total. The maximum absolute atomic E-state index is 14.3. The molecule has 0 aliphatic carbocycles. The number of ether oxygens (including phenoxy) is 1. The van der Waals surface area contributed by atoms with Crippen molar-refractivity contribution < 1.29 is 27.1 Å². The quantitative estimate of drug-likeness (QED) is 0.398. The zero-order valence-corrected chi connectivity index (χ0v) is 23.6. The molecule has 1 unspecified atom stereocenters. The summed E-state index contributed by atoms with van der Waals surface area (Å²) in [7, 11) is -1.03. The Labute approximate surface area is 218 Å². The molecule has 0 fully saturated rings. The highest BCUT2D eigenvalue weighted by Crippen LogP contribution is 2.45. The first-order valence-corrected chi connectivity index (χ1v) is 15.4. The van der Waals surface area contributed by atoms with E-state index in [1.807, 2.05) is 20.0 Å². The van der Waals surface area contributed by atoms with Crippen LogP contribution in [0.3, 0.4) is 0 Å². The number of carbonyl (C=O) groups is 1. The van der Waals surface area contributed by atoms with Crippen LogP contribution in [-0.4, -0.2) is 33.9 Å². The van der Waals surface area contributed by atoms with Crippen molar-refractivity contribution in [2.45, 2.75) is 70.9 Å². The molecule has 0 saturated carbocycles. The summed E-state index contributed by atoms with van der Waals surface area (Å²) in [5.74, 6) is 0.224. The minimum atomic E-state index is -4.60. The highest BCUT2D eigenvalue weighted by atomic mass is 28.4. The number of nitrogens with zero attached hydrogens (tertiary/aromatic N) is 1. The molecule has 2 N–H and O–H groups in total. The molecule has 37 heavy (non-hydrogen) atoms. The topological polar surface area (TPSA) is 64.8 Å². The Hall–Kier alpha value is -2.78. The Bertz CT molecular complexity index is 1160. The minimum absolute atomic E-state index is 0.0369. The number of fused-ring (bicyclic) bond motifs is 1. The fraction of sp³-hybridized carbons (Fsp3) is 0.464. The zero-order chi connectivity index (χ0) is 27.8. The highest BCUT2D eigenvalue weighted by molar-refractivity contribution is 6.74. The largest absolute Gasteiger partial charge is 0.540 e. The fourth-order valence-corrected chi connectivity index (χ4v) is 5.24. The molecule has 1 amide bonds. The van der Waals surface area contributed by atoms with Crippen molar-refractivity contribution in [2.75, 3.05) is 18.6 Å². The van der Waals surface area contributed by atoms with E-state index in [-0.39, 0.29) is 35.0 Å². The summed E-state index contributed by atoms with van der Waals surface area (Å²) in [6.45, 7) is 12.2. The first-order valence-electron chi connectivity index (χ1n) is 12.5. The average Bonchev–Trinajstić information content (AvgIpc) is 2.93. The van der Waals surface area contributed by atoms with E-state index in [9.17, 15) is 18.0 Å². The average molecular weight is 535 g/mol. The Morgan fingerprint density at radius 1 is 1.08 bits per heavy atom. The molecule has 1 aliphatic rings. The predicted octanol–water partition coefficient (Wildman–Crippen LogP) is 6.77. The van der Waals surface area contributed by atoms with Crippen LogP contribution >= 0.6 is 0 Å². The number of halogens is 3. The van der Waals surface area contributed by atoms with E-state index in [1.54, 1.807) is 30.3 Å². The van der Waals surface area contributed by atoms with Crippen LogP contribution in [0.4, 0.5) is 18.9 Å². The van der Waals surface area contributed by atoms with E-state index in [0.29, 0.717) is 23.3 Å². The van der Waals surface area contributed by atoms with Gasteiger partial charge >= 0.3 is 6.18 Å². The van der Waals surface area contributed by atoms with Gasteiger partial charge in [0, 0.05) is 30.3 Å². The lowest BCUT2D eigenvalue weighted by atomic mass is 9.93. The van der Waals surface area contributed by atoms with E-state index in [0.717, 1.165) is 6.07 Å². The van der Waals surface area contributed by atoms with Crippen LogP contribution in [0.25, 0.3) is 5.57 Å². The number of hydrogen-bond donors (Lipinski definition) is 1. The van der Waals surface area contributed by atoms with Crippen molar-refractivity contribution in [3.05, 3.63) is 64.9 Å². The van der Waals surface area contributed by atoms with Gasteiger partial charge in [0.25, 0.3) is 14.2 Å². The number of hydrogen-bond acceptors (Lipinski definition) is 4. The Morgan fingerprint density at radius 2 is 1.70 bits per heavy atom. The highest BCUT2D eigenvalue weighted by Gasteiger charge is 2.45. The Balaban J connectivity index is 2.40. The monoisotopic (exact) mass is 534 g/mol. The van der Waals surface area contributed by atoms with Crippen LogP contribution in [0.5, 0.6) is 5.75 Å². The maximum atomic E-state index is 14.3. The number of nitrogens with two attached hydrogens (primary N) is 1. The number of rotatable bonds is 7. The first kappa shape index (κ1) is 28.8. The van der Waals surface area contributed by atoms with E-state index < -0.39 is 32.0 Å². The third kappa shape index (κ3) is 5.72. The van der Waals surface area contributed by atoms with Crippen LogP contribution in [-0.2, 0) is 21.8 Å². The molecular weight excluding hydrogens is 497 g/mol. The molecule has 0 radical (unpaired) electrons. The molecule has 3 rings (SSSR count). The normalized spacial score (nSPS) is 15.9. The van der Waals surface area contributed by atoms with Crippen LogP contribution < -0.4 is 15.4 Å². The SMILES string of the molecule is CCC(CN)N1C(=O)C(O[Si](C)(C)C(C)(C)C)=C(c2ccc(OC)cc2)Cc2c1cccc2C(F)(F)F. The summed E-state index contributed by atoms with van der Waals surface area (Å²) in [6, 6.07) is 10.4. The zero-order valence-electron chi connectivity index (χ0n) is 22.6. The number of benzene rings is 2. The van der Waals surface area contributed by atoms with Crippen molar-refractivity contribution in [3.8, 4) is 5.75 Å². The molecule has 9 heteroatoms. The van der Waals surface area contributed by atoms with Crippen molar-refractivity contribution in [1.29, 1.82) is 0 Å². The third-order valence-corrected chi connectivity index (χ3v) is 11.8. The van der Waals surface area contributed by atoms with E-state index in [2.05, 4.69) is 20.8 Å². The Kier molecular flexibility index (Phi) is 8.19. The summed E-state index contributed by atoms with van der Waals surface area (Å²) in [5.41, 5.74) is 6.56. The molecule has 0 bridgehead atoms. The van der Waals surface area contributed by atoms with Crippen molar-refractivity contribution >= 4 is 25.5 Å². The van der Waals surface area contributed by atoms with Gasteiger partial charge in [-0.3, -0.25) is 4.79 Å². The maximum Gasteiger partial charge on any atom is 0.416 e. The van der Waals surface area contributed by atoms with Gasteiger partial charge in [-0.15, -0.1) is 0 Å². The number of alkyl halides is 3. The van der Waals surface area contributed by atoms with Crippen LogP contribution in [0.2, 0.25) is 18.1 Å². The van der Waals surface area contributed by atoms with Crippen LogP contribution in [0, 0.1) is 0 Å². The number of carbonyl (C=O) groups excluding carboxylic acids is 1. The van der Waals surface area contributed by atoms with E-state index in [1.165, 1.54) is 18.1 Å². The van der Waals surface area contributed by atoms with Crippen molar-refractivity contribution in [1.82, 2.24) is 0 Å². The molecule has 1 heterocycles. The molecule has 0 aromatic heterocycles. The molecule has 2 aromatic rings. The lowest BCUT2D eigenvalue weighted by Crippen LogP contribution is -2.48. The summed E-state index contributed by atoms with van der Waals surface area (Å²) in [6.07, 6.45) is -4.24. The molecule has 1 aliphatic heterocycles. The smallest absolute Gasteiger partial charge is 0.416 e.